The van der Waals surface area contributed by atoms with Gasteiger partial charge in [-0.2, -0.15) is 0 Å². The van der Waals surface area contributed by atoms with E-state index in [1.54, 1.807) is 25.1 Å². The molecule has 3 atom stereocenters. The molecular formula is C14H14Cl2N2O4. The molecule has 1 fully saturated rings. The fourth-order valence-electron chi connectivity index (χ4n) is 2.90. The number of fused-ring (bicyclic) bond motifs is 4. The summed E-state index contributed by atoms with van der Waals surface area (Å²) in [6.45, 7) is 1.93. The Morgan fingerprint density at radius 1 is 1.50 bits per heavy atom. The van der Waals surface area contributed by atoms with Crippen molar-refractivity contribution in [2.75, 3.05) is 12.5 Å². The lowest BCUT2D eigenvalue weighted by Gasteiger charge is -2.49. The van der Waals surface area contributed by atoms with Crippen LogP contribution in [0.4, 0.5) is 4.79 Å². The standard InChI is InChI=1S/C14H14Cl2N2O4/c1-2-21-12(19)10-11-8-5-7(16)3-4-9(8)22-14(10,6-15)18-13(20)17-11/h3-5,10-11H,2,6H2,1H3,(H2,17,18,20)/t10-,11+,14+/m1/s1. The number of esters is 1. The number of carbonyl (C=O) groups excluding carboxylic acids is 2. The molecule has 0 aliphatic carbocycles. The molecule has 118 valence electrons. The van der Waals surface area contributed by atoms with Gasteiger partial charge in [-0.1, -0.05) is 11.6 Å². The number of rotatable bonds is 3. The Labute approximate surface area is 137 Å². The molecule has 6 nitrogen and oxygen atoms in total. The molecule has 1 aromatic rings. The Kier molecular flexibility index (Phi) is 3.82. The molecule has 3 rings (SSSR count). The van der Waals surface area contributed by atoms with Crippen molar-refractivity contribution in [3.63, 3.8) is 0 Å². The summed E-state index contributed by atoms with van der Waals surface area (Å²) in [5.74, 6) is -0.884. The highest BCUT2D eigenvalue weighted by molar-refractivity contribution is 6.30. The van der Waals surface area contributed by atoms with Gasteiger partial charge in [0, 0.05) is 10.6 Å². The molecule has 0 aromatic heterocycles. The van der Waals surface area contributed by atoms with E-state index >= 15 is 0 Å². The molecule has 0 unspecified atom stereocenters. The summed E-state index contributed by atoms with van der Waals surface area (Å²) >= 11 is 12.1. The zero-order chi connectivity index (χ0) is 15.9. The van der Waals surface area contributed by atoms with Crippen molar-refractivity contribution >= 4 is 35.2 Å². The maximum atomic E-state index is 12.4. The van der Waals surface area contributed by atoms with Gasteiger partial charge < -0.3 is 14.8 Å². The van der Waals surface area contributed by atoms with E-state index in [2.05, 4.69) is 10.6 Å². The summed E-state index contributed by atoms with van der Waals surface area (Å²) in [4.78, 5) is 24.3. The van der Waals surface area contributed by atoms with Crippen molar-refractivity contribution in [1.82, 2.24) is 10.6 Å². The van der Waals surface area contributed by atoms with Gasteiger partial charge in [-0.15, -0.1) is 11.6 Å². The van der Waals surface area contributed by atoms with Gasteiger partial charge in [0.2, 0.25) is 5.72 Å². The Hall–Kier alpha value is -1.66. The molecule has 2 aliphatic rings. The lowest BCUT2D eigenvalue weighted by molar-refractivity contribution is -0.162. The second-order valence-electron chi connectivity index (χ2n) is 5.11. The third kappa shape index (κ3) is 2.27. The van der Waals surface area contributed by atoms with Crippen molar-refractivity contribution in [3.05, 3.63) is 28.8 Å². The number of benzene rings is 1. The number of ether oxygens (including phenoxy) is 2. The number of carbonyl (C=O) groups is 2. The molecule has 2 bridgehead atoms. The maximum Gasteiger partial charge on any atom is 0.318 e. The molecule has 0 radical (unpaired) electrons. The molecule has 0 saturated carbocycles. The van der Waals surface area contributed by atoms with Crippen LogP contribution in [0.3, 0.4) is 0 Å². The fourth-order valence-corrected chi connectivity index (χ4v) is 3.37. The topological polar surface area (TPSA) is 76.7 Å². The Morgan fingerprint density at radius 2 is 2.27 bits per heavy atom. The van der Waals surface area contributed by atoms with Crippen molar-refractivity contribution < 1.29 is 19.1 Å². The summed E-state index contributed by atoms with van der Waals surface area (Å²) in [5.41, 5.74) is -0.720. The average molecular weight is 345 g/mol. The van der Waals surface area contributed by atoms with Crippen LogP contribution >= 0.6 is 23.2 Å². The van der Waals surface area contributed by atoms with Crippen molar-refractivity contribution in [1.29, 1.82) is 0 Å². The van der Waals surface area contributed by atoms with Gasteiger partial charge in [0.1, 0.15) is 11.7 Å². The van der Waals surface area contributed by atoms with Gasteiger partial charge in [-0.25, -0.2) is 4.79 Å². The molecular weight excluding hydrogens is 331 g/mol. The molecule has 2 amide bonds. The number of urea groups is 1. The largest absolute Gasteiger partial charge is 0.466 e. The van der Waals surface area contributed by atoms with Gasteiger partial charge in [0.05, 0.1) is 18.5 Å². The molecule has 1 aromatic carbocycles. The van der Waals surface area contributed by atoms with E-state index in [0.717, 1.165) is 0 Å². The first kappa shape index (κ1) is 15.2. The summed E-state index contributed by atoms with van der Waals surface area (Å²) in [6, 6.07) is 3.94. The number of alkyl halides is 1. The number of hydrogen-bond donors (Lipinski definition) is 2. The van der Waals surface area contributed by atoms with Crippen molar-refractivity contribution in [2.45, 2.75) is 18.7 Å². The summed E-state index contributed by atoms with van der Waals surface area (Å²) in [5, 5.41) is 5.83. The smallest absolute Gasteiger partial charge is 0.318 e. The SMILES string of the molecule is CCOC(=O)[C@H]1[C@H]2NC(=O)N[C@@]1(CCl)Oc1ccc(Cl)cc12. The Morgan fingerprint density at radius 3 is 2.95 bits per heavy atom. The highest BCUT2D eigenvalue weighted by atomic mass is 35.5. The summed E-state index contributed by atoms with van der Waals surface area (Å²) in [7, 11) is 0. The molecule has 0 spiro atoms. The predicted molar refractivity (Wildman–Crippen MR) is 80.1 cm³/mol. The van der Waals surface area contributed by atoms with Crippen LogP contribution in [0.1, 0.15) is 18.5 Å². The minimum atomic E-state index is -1.35. The number of hydrogen-bond acceptors (Lipinski definition) is 4. The third-order valence-electron chi connectivity index (χ3n) is 3.79. The van der Waals surface area contributed by atoms with E-state index in [9.17, 15) is 9.59 Å². The van der Waals surface area contributed by atoms with Crippen molar-refractivity contribution in [3.8, 4) is 5.75 Å². The quantitative estimate of drug-likeness (QED) is 0.651. The minimum absolute atomic E-state index is 0.0948. The number of nitrogens with one attached hydrogen (secondary N) is 2. The molecule has 2 heterocycles. The normalized spacial score (nSPS) is 28.8. The highest BCUT2D eigenvalue weighted by Crippen LogP contribution is 2.46. The number of halogens is 2. The monoisotopic (exact) mass is 344 g/mol. The first-order valence-corrected chi connectivity index (χ1v) is 7.71. The maximum absolute atomic E-state index is 12.4. The molecule has 2 aliphatic heterocycles. The van der Waals surface area contributed by atoms with E-state index < -0.39 is 29.7 Å². The van der Waals surface area contributed by atoms with Gasteiger partial charge >= 0.3 is 12.0 Å². The van der Waals surface area contributed by atoms with Crippen LogP contribution in [-0.2, 0) is 9.53 Å². The third-order valence-corrected chi connectivity index (χ3v) is 4.42. The van der Waals surface area contributed by atoms with Crippen LogP contribution in [0.15, 0.2) is 18.2 Å². The Balaban J connectivity index is 2.13. The summed E-state index contributed by atoms with van der Waals surface area (Å²) in [6.07, 6.45) is 0. The van der Waals surface area contributed by atoms with E-state index in [4.69, 9.17) is 32.7 Å². The van der Waals surface area contributed by atoms with Gasteiger partial charge in [0.25, 0.3) is 0 Å². The van der Waals surface area contributed by atoms with E-state index in [0.29, 0.717) is 16.3 Å². The lowest BCUT2D eigenvalue weighted by atomic mass is 9.80. The minimum Gasteiger partial charge on any atom is -0.466 e. The molecule has 8 heteroatoms. The first-order valence-electron chi connectivity index (χ1n) is 6.80. The molecule has 1 saturated heterocycles. The van der Waals surface area contributed by atoms with Crippen LogP contribution in [0.25, 0.3) is 0 Å². The van der Waals surface area contributed by atoms with Crippen LogP contribution in [0.5, 0.6) is 5.75 Å². The fraction of sp³-hybridized carbons (Fsp3) is 0.429. The highest BCUT2D eigenvalue weighted by Gasteiger charge is 2.58. The van der Waals surface area contributed by atoms with Gasteiger partial charge in [0.15, 0.2) is 0 Å². The van der Waals surface area contributed by atoms with Crippen molar-refractivity contribution in [2.24, 2.45) is 5.92 Å². The molecule has 22 heavy (non-hydrogen) atoms. The lowest BCUT2D eigenvalue weighted by Crippen LogP contribution is -2.72. The first-order chi connectivity index (χ1) is 10.5. The van der Waals surface area contributed by atoms with Crippen LogP contribution in [-0.4, -0.2) is 30.2 Å². The van der Waals surface area contributed by atoms with Gasteiger partial charge in [-0.05, 0) is 25.1 Å². The predicted octanol–water partition coefficient (Wildman–Crippen LogP) is 2.20. The van der Waals surface area contributed by atoms with E-state index in [-0.39, 0.29) is 12.5 Å². The van der Waals surface area contributed by atoms with Crippen LogP contribution in [0.2, 0.25) is 5.02 Å². The average Bonchev–Trinajstić information content (AvgIpc) is 2.47. The van der Waals surface area contributed by atoms with Gasteiger partial charge in [-0.3, -0.25) is 10.1 Å². The Bertz CT molecular complexity index is 639. The van der Waals surface area contributed by atoms with Crippen LogP contribution in [0, 0.1) is 5.92 Å². The second-order valence-corrected chi connectivity index (χ2v) is 5.82. The van der Waals surface area contributed by atoms with Crippen LogP contribution < -0.4 is 15.4 Å². The van der Waals surface area contributed by atoms with E-state index in [1.165, 1.54) is 0 Å². The van der Waals surface area contributed by atoms with E-state index in [1.807, 2.05) is 0 Å². The number of amides is 2. The summed E-state index contributed by atoms with van der Waals surface area (Å²) < 4.78 is 11.0. The zero-order valence-corrected chi connectivity index (χ0v) is 13.2. The second kappa shape index (κ2) is 5.52. The zero-order valence-electron chi connectivity index (χ0n) is 11.7. The molecule has 2 N–H and O–H groups in total.